The predicted molar refractivity (Wildman–Crippen MR) is 354 cm³/mol. The molecule has 0 amide bonds. The number of carbonyl (C=O) groups is 2. The third-order valence-electron chi connectivity index (χ3n) is 17.3. The molecule has 0 bridgehead atoms. The summed E-state index contributed by atoms with van der Waals surface area (Å²) in [4.78, 5) is 29.1. The van der Waals surface area contributed by atoms with Gasteiger partial charge in [-0.2, -0.15) is 0 Å². The van der Waals surface area contributed by atoms with Crippen LogP contribution in [0.15, 0.2) is 188 Å². The van der Waals surface area contributed by atoms with E-state index in [0.29, 0.717) is 36.2 Å². The predicted octanol–water partition coefficient (Wildman–Crippen LogP) is 16.7. The van der Waals surface area contributed by atoms with Crippen molar-refractivity contribution in [3.05, 3.63) is 227 Å². The molecule has 0 aliphatic carbocycles. The minimum atomic E-state index is -1.18. The topological polar surface area (TPSA) is 145 Å². The van der Waals surface area contributed by atoms with Gasteiger partial charge >= 0.3 is 11.9 Å². The highest BCUT2D eigenvalue weighted by Gasteiger charge is 2.52. The lowest BCUT2D eigenvalue weighted by molar-refractivity contribution is -0.374. The lowest BCUT2D eigenvalue weighted by Gasteiger charge is -2.49. The number of unbranched alkanes of at least 4 members (excludes halogenated alkanes) is 8. The molecule has 0 aromatic heterocycles. The first-order chi connectivity index (χ1) is 45.1. The van der Waals surface area contributed by atoms with E-state index < -0.39 is 55.0 Å². The fraction of sp³-hybridized carbons (Fsp3) is 0.436. The maximum Gasteiger partial charge on any atom is 0.342 e. The molecule has 490 valence electrons. The Morgan fingerprint density at radius 2 is 0.750 bits per heavy atom. The lowest BCUT2D eigenvalue weighted by Crippen LogP contribution is -2.63. The van der Waals surface area contributed by atoms with E-state index in [9.17, 15) is 9.59 Å². The van der Waals surface area contributed by atoms with Crippen LogP contribution < -0.4 is 18.9 Å². The molecule has 2 heterocycles. The Labute approximate surface area is 545 Å². The molecule has 0 radical (unpaired) electrons. The van der Waals surface area contributed by atoms with Crippen LogP contribution in [0, 0.1) is 17.8 Å². The maximum atomic E-state index is 14.7. The van der Waals surface area contributed by atoms with Gasteiger partial charge in [-0.25, -0.2) is 9.59 Å². The minimum Gasteiger partial charge on any atom is -0.493 e. The molecule has 2 aliphatic heterocycles. The third kappa shape index (κ3) is 21.0. The normalized spacial score (nSPS) is 21.2. The summed E-state index contributed by atoms with van der Waals surface area (Å²) < 4.78 is 80.0. The minimum absolute atomic E-state index is 0.0117. The Balaban J connectivity index is 0.989. The van der Waals surface area contributed by atoms with Crippen molar-refractivity contribution in [3.63, 3.8) is 0 Å². The van der Waals surface area contributed by atoms with Crippen molar-refractivity contribution in [1.29, 1.82) is 0 Å². The largest absolute Gasteiger partial charge is 0.493 e. The summed E-state index contributed by atoms with van der Waals surface area (Å²) >= 11 is 0. The first-order valence-electron chi connectivity index (χ1n) is 33.3. The smallest absolute Gasteiger partial charge is 0.342 e. The quantitative estimate of drug-likeness (QED) is 0.0269. The summed E-state index contributed by atoms with van der Waals surface area (Å²) in [6.07, 6.45) is 4.67. The molecular formula is C78H94O14. The van der Waals surface area contributed by atoms with E-state index in [1.807, 2.05) is 152 Å². The second-order valence-corrected chi connectivity index (χ2v) is 24.2. The number of ether oxygens (including phenoxy) is 12. The molecule has 0 saturated carbocycles. The van der Waals surface area contributed by atoms with Crippen LogP contribution in [0.1, 0.15) is 147 Å². The second-order valence-electron chi connectivity index (χ2n) is 24.2. The van der Waals surface area contributed by atoms with Gasteiger partial charge in [0.05, 0.1) is 39.1 Å². The van der Waals surface area contributed by atoms with E-state index in [2.05, 4.69) is 34.6 Å². The SMILES string of the molecule is CCCCCCCOc1ccc(C(=O)OCC2O[C@H](O[C@H]3OC(COC(=O)c4ccc(OCCCCCCC)cc4OCc4ccccc4)[C@@H](OCc4ccccc4)[C@H](OCc4ccccc4)C3OCc3ccccc3)C(C)[C@@H](C)[C@@H]2C)c(OCc2ccccc2)c1. The van der Waals surface area contributed by atoms with Gasteiger partial charge in [0.25, 0.3) is 0 Å². The van der Waals surface area contributed by atoms with Gasteiger partial charge < -0.3 is 56.8 Å². The molecule has 4 unspecified atom stereocenters. The zero-order valence-electron chi connectivity index (χ0n) is 54.3. The van der Waals surface area contributed by atoms with E-state index >= 15 is 0 Å². The summed E-state index contributed by atoms with van der Waals surface area (Å²) in [5, 5.41) is 0. The summed E-state index contributed by atoms with van der Waals surface area (Å²) in [5.41, 5.74) is 5.12. The monoisotopic (exact) mass is 1250 g/mol. The number of carbonyl (C=O) groups excluding carboxylic acids is 2. The molecule has 10 atom stereocenters. The molecular weight excluding hydrogens is 1160 g/mol. The number of hydrogen-bond donors (Lipinski definition) is 0. The summed E-state index contributed by atoms with van der Waals surface area (Å²) in [6, 6.07) is 59.7. The van der Waals surface area contributed by atoms with E-state index in [0.717, 1.165) is 72.8 Å². The van der Waals surface area contributed by atoms with E-state index in [1.54, 1.807) is 36.4 Å². The van der Waals surface area contributed by atoms with Gasteiger partial charge in [-0.3, -0.25) is 0 Å². The van der Waals surface area contributed by atoms with Crippen molar-refractivity contribution in [2.75, 3.05) is 26.4 Å². The van der Waals surface area contributed by atoms with Crippen molar-refractivity contribution in [3.8, 4) is 23.0 Å². The molecule has 2 saturated heterocycles. The van der Waals surface area contributed by atoms with Gasteiger partial charge in [0.2, 0.25) is 0 Å². The number of rotatable bonds is 37. The first-order valence-corrected chi connectivity index (χ1v) is 33.3. The van der Waals surface area contributed by atoms with Gasteiger partial charge in [-0.15, -0.1) is 0 Å². The van der Waals surface area contributed by atoms with Crippen LogP contribution in [-0.4, -0.2) is 81.5 Å². The van der Waals surface area contributed by atoms with Crippen LogP contribution in [0.4, 0.5) is 0 Å². The van der Waals surface area contributed by atoms with Crippen LogP contribution in [-0.2, 0) is 70.9 Å². The lowest BCUT2D eigenvalue weighted by atomic mass is 9.79. The van der Waals surface area contributed by atoms with Gasteiger partial charge in [0.15, 0.2) is 12.6 Å². The van der Waals surface area contributed by atoms with Gasteiger partial charge in [0.1, 0.15) is 85.0 Å². The van der Waals surface area contributed by atoms with Crippen LogP contribution in [0.3, 0.4) is 0 Å². The molecule has 9 rings (SSSR count). The molecule has 7 aromatic rings. The highest BCUT2D eigenvalue weighted by molar-refractivity contribution is 5.93. The fourth-order valence-electron chi connectivity index (χ4n) is 11.4. The average molecular weight is 1260 g/mol. The van der Waals surface area contributed by atoms with E-state index in [1.165, 1.54) is 19.3 Å². The zero-order valence-corrected chi connectivity index (χ0v) is 54.3. The standard InChI is InChI=1S/C78H94O14/c1-6-8-10-12-29-45-81-64-41-43-66(68(47-64)83-49-59-31-19-14-20-32-59)75(79)88-54-70-57(4)56(3)58(5)77(90-70)92-78-74(87-53-63-39-27-18-28-40-63)73(86-52-62-37-25-17-26-38-62)72(85-51-61-35-23-16-24-36-61)71(91-78)55-89-76(80)67-44-42-65(82-46-30-13-11-9-7-2)48-69(67)84-50-60-33-21-15-22-34-60/h14-28,31-44,47-48,56-58,70-74,77-78H,6-13,29-30,45-46,49-55H2,1-5H3/t56-,57-,58?,70?,71?,72+,73-,74?,77+,78+/m0/s1. The molecule has 92 heavy (non-hydrogen) atoms. The molecule has 2 fully saturated rings. The fourth-order valence-corrected chi connectivity index (χ4v) is 11.4. The Bertz CT molecular complexity index is 3220. The molecule has 7 aromatic carbocycles. The second kappa shape index (κ2) is 37.2. The molecule has 0 N–H and O–H groups in total. The average Bonchev–Trinajstić information content (AvgIpc) is 0.831. The molecule has 14 heteroatoms. The van der Waals surface area contributed by atoms with Crippen LogP contribution in [0.2, 0.25) is 0 Å². The Hall–Kier alpha value is -7.56. The summed E-state index contributed by atoms with van der Waals surface area (Å²) in [5.74, 6) is 0.431. The Morgan fingerprint density at radius 3 is 1.18 bits per heavy atom. The van der Waals surface area contributed by atoms with Crippen molar-refractivity contribution in [1.82, 2.24) is 0 Å². The highest BCUT2D eigenvalue weighted by Crippen LogP contribution is 2.40. The van der Waals surface area contributed by atoms with Crippen molar-refractivity contribution in [2.24, 2.45) is 17.8 Å². The molecule has 2 aliphatic rings. The third-order valence-corrected chi connectivity index (χ3v) is 17.3. The van der Waals surface area contributed by atoms with E-state index in [4.69, 9.17) is 56.8 Å². The molecule has 0 spiro atoms. The number of hydrogen-bond acceptors (Lipinski definition) is 14. The highest BCUT2D eigenvalue weighted by atomic mass is 16.8. The van der Waals surface area contributed by atoms with Gasteiger partial charge in [-0.1, -0.05) is 238 Å². The Kier molecular flexibility index (Phi) is 27.8. The summed E-state index contributed by atoms with van der Waals surface area (Å²) in [6.45, 7) is 12.5. The van der Waals surface area contributed by atoms with Gasteiger partial charge in [0, 0.05) is 18.1 Å². The van der Waals surface area contributed by atoms with Crippen molar-refractivity contribution in [2.45, 2.75) is 175 Å². The van der Waals surface area contributed by atoms with E-state index in [-0.39, 0.29) is 75.1 Å². The van der Waals surface area contributed by atoms with Crippen molar-refractivity contribution < 1.29 is 66.4 Å². The number of benzene rings is 7. The number of esters is 2. The van der Waals surface area contributed by atoms with Crippen molar-refractivity contribution >= 4 is 11.9 Å². The maximum absolute atomic E-state index is 14.7. The zero-order chi connectivity index (χ0) is 64.1. The Morgan fingerprint density at radius 1 is 0.370 bits per heavy atom. The van der Waals surface area contributed by atoms with Gasteiger partial charge in [-0.05, 0) is 76.8 Å². The van der Waals surface area contributed by atoms with Crippen LogP contribution in [0.25, 0.3) is 0 Å². The summed E-state index contributed by atoms with van der Waals surface area (Å²) in [7, 11) is 0. The molecule has 14 nitrogen and oxygen atoms in total. The van der Waals surface area contributed by atoms with Crippen LogP contribution >= 0.6 is 0 Å². The van der Waals surface area contributed by atoms with Crippen LogP contribution in [0.5, 0.6) is 23.0 Å². The first kappa shape index (κ1) is 68.8.